The van der Waals surface area contributed by atoms with Crippen molar-refractivity contribution >= 4 is 116 Å². The molecule has 94 heavy (non-hydrogen) atoms. The number of carbonyl (C=O) groups is 3. The Labute approximate surface area is 586 Å². The van der Waals surface area contributed by atoms with Crippen molar-refractivity contribution in [2.45, 2.75) is 181 Å². The maximum Gasteiger partial charge on any atom is 0.264 e. The Kier molecular flexibility index (Phi) is 20.2. The zero-order valence-corrected chi connectivity index (χ0v) is 61.1. The van der Waals surface area contributed by atoms with E-state index < -0.39 is 26.7 Å². The van der Waals surface area contributed by atoms with E-state index in [4.69, 9.17) is 61.1 Å². The van der Waals surface area contributed by atoms with Gasteiger partial charge in [0, 0.05) is 83.2 Å². The fourth-order valence-corrected chi connectivity index (χ4v) is 20.2. The average Bonchev–Trinajstić information content (AvgIpc) is 1.54. The van der Waals surface area contributed by atoms with Gasteiger partial charge in [-0.2, -0.15) is 8.42 Å². The summed E-state index contributed by atoms with van der Waals surface area (Å²) >= 11 is 17.8. The molecule has 3 amide bonds. The number of nitrogens with one attached hydrogen (secondary N) is 2. The molecule has 0 aromatic heterocycles. The summed E-state index contributed by atoms with van der Waals surface area (Å²) in [6, 6.07) is 19.0. The highest BCUT2D eigenvalue weighted by Crippen LogP contribution is 2.65. The van der Waals surface area contributed by atoms with Crippen molar-refractivity contribution in [3.8, 4) is 0 Å². The summed E-state index contributed by atoms with van der Waals surface area (Å²) in [7, 11) is 2.07. The minimum absolute atomic E-state index is 0.00443. The molecule has 7 atom stereocenters. The van der Waals surface area contributed by atoms with Crippen LogP contribution in [0.5, 0.6) is 0 Å². The molecular weight excluding hydrogens is 1460 g/mol. The number of fused-ring (bicyclic) bond motifs is 9. The van der Waals surface area contributed by atoms with Gasteiger partial charge in [-0.15, -0.1) is 0 Å². The summed E-state index contributed by atoms with van der Waals surface area (Å²) in [5.41, 5.74) is 10.2. The van der Waals surface area contributed by atoms with Crippen molar-refractivity contribution in [1.82, 2.24) is 20.4 Å². The molecule has 7 unspecified atom stereocenters. The molecule has 3 saturated carbocycles. The fraction of sp³-hybridized carbons (Fsp3) is 0.647. The van der Waals surface area contributed by atoms with Crippen molar-refractivity contribution in [2.24, 2.45) is 32.0 Å². The third kappa shape index (κ3) is 12.4. The molecule has 5 saturated heterocycles. The molecule has 7 aliphatic heterocycles. The van der Waals surface area contributed by atoms with Gasteiger partial charge in [0.15, 0.2) is 32.9 Å². The maximum atomic E-state index is 14.5. The number of methoxy groups -OCH3 is 3. The molecule has 6 aliphatic carbocycles. The van der Waals surface area contributed by atoms with Crippen molar-refractivity contribution in [2.75, 3.05) is 79.5 Å². The Morgan fingerprint density at radius 3 is 1.41 bits per heavy atom. The van der Waals surface area contributed by atoms with Crippen molar-refractivity contribution in [3.05, 3.63) is 101 Å². The van der Waals surface area contributed by atoms with Gasteiger partial charge in [-0.1, -0.05) is 77.8 Å². The van der Waals surface area contributed by atoms with Crippen molar-refractivity contribution in [1.29, 1.82) is 0 Å². The number of nitrogens with two attached hydrogens (primary N) is 1. The SMILES string of the molecule is COC1CCC2(CC1)Cc1ccc(Br)cc1C21N=C(N)N(CC2CCO2)C1=O.COC1CCC2(CC1)Cc1ccc(Br)cc1C21N=C(SCC2CCO2)N(CC2CCO2)C1=O.COC1CCC2(CC1)Cc1ccc(Br)cc1C21NC(=S)NC1=O.CS(=O)(=O)OCC1CCO1. The van der Waals surface area contributed by atoms with E-state index in [0.29, 0.717) is 30.3 Å². The number of rotatable bonds is 12. The number of carbonyl (C=O) groups excluding carboxylic acids is 3. The number of hydrogen-bond donors (Lipinski definition) is 3. The largest absolute Gasteiger partial charge is 0.381 e. The number of thiocarbonyl (C=S) groups is 1. The van der Waals surface area contributed by atoms with Crippen LogP contribution >= 0.6 is 71.8 Å². The van der Waals surface area contributed by atoms with E-state index in [0.717, 1.165) is 196 Å². The number of guanidine groups is 1. The number of benzene rings is 3. The highest BCUT2D eigenvalue weighted by molar-refractivity contribution is 9.11. The van der Waals surface area contributed by atoms with Gasteiger partial charge in [0.2, 0.25) is 0 Å². The molecular formula is C68H86Br3N7O13S3. The molecule has 510 valence electrons. The molecule has 20 nitrogen and oxygen atoms in total. The monoisotopic (exact) mass is 1540 g/mol. The summed E-state index contributed by atoms with van der Waals surface area (Å²) in [6.45, 7) is 4.36. The lowest BCUT2D eigenvalue weighted by atomic mass is 9.61. The number of aliphatic imine (C=N–C) groups is 2. The van der Waals surface area contributed by atoms with Crippen molar-refractivity contribution < 1.29 is 60.1 Å². The fourth-order valence-electron chi connectivity index (χ4n) is 17.3. The Hall–Kier alpha value is -3.48. The van der Waals surface area contributed by atoms with Gasteiger partial charge in [0.25, 0.3) is 27.8 Å². The number of hydrogen-bond acceptors (Lipinski definition) is 18. The second-order valence-corrected chi connectivity index (χ2v) is 33.6. The quantitative estimate of drug-likeness (QED) is 0.113. The van der Waals surface area contributed by atoms with Gasteiger partial charge in [-0.05, 0) is 204 Å². The average molecular weight is 1550 g/mol. The van der Waals surface area contributed by atoms with Gasteiger partial charge in [0.05, 0.1) is 68.7 Å². The molecule has 7 heterocycles. The lowest BCUT2D eigenvalue weighted by Crippen LogP contribution is -2.56. The van der Waals surface area contributed by atoms with Crippen LogP contribution in [0.1, 0.15) is 136 Å². The van der Waals surface area contributed by atoms with Crippen LogP contribution in [0.15, 0.2) is 78.0 Å². The van der Waals surface area contributed by atoms with Crippen LogP contribution in [0.2, 0.25) is 0 Å². The molecule has 26 heteroatoms. The lowest BCUT2D eigenvalue weighted by molar-refractivity contribution is -0.142. The third-order valence-corrected chi connectivity index (χ3v) is 26.2. The first-order chi connectivity index (χ1) is 45.1. The molecule has 0 bridgehead atoms. The molecule has 16 rings (SSSR count). The zero-order chi connectivity index (χ0) is 66.0. The zero-order valence-electron chi connectivity index (χ0n) is 53.9. The van der Waals surface area contributed by atoms with E-state index in [1.165, 1.54) is 16.7 Å². The van der Waals surface area contributed by atoms with Crippen LogP contribution in [0.25, 0.3) is 0 Å². The number of amides is 3. The Morgan fingerprint density at radius 1 is 0.596 bits per heavy atom. The Bertz CT molecular complexity index is 3580. The first kappa shape index (κ1) is 69.0. The Morgan fingerprint density at radius 2 is 1.00 bits per heavy atom. The van der Waals surface area contributed by atoms with Crippen LogP contribution in [0, 0.1) is 16.2 Å². The van der Waals surface area contributed by atoms with Crippen molar-refractivity contribution in [3.63, 3.8) is 0 Å². The predicted molar refractivity (Wildman–Crippen MR) is 371 cm³/mol. The molecule has 3 aromatic rings. The molecule has 8 fully saturated rings. The van der Waals surface area contributed by atoms with E-state index in [-0.39, 0.29) is 77.2 Å². The summed E-state index contributed by atoms with van der Waals surface area (Å²) in [5, 5.41) is 7.50. The molecule has 3 aromatic carbocycles. The number of ether oxygens (including phenoxy) is 7. The van der Waals surface area contributed by atoms with E-state index >= 15 is 0 Å². The van der Waals surface area contributed by atoms with Gasteiger partial charge >= 0.3 is 0 Å². The summed E-state index contributed by atoms with van der Waals surface area (Å²) in [5.74, 6) is 1.33. The molecule has 4 N–H and O–H groups in total. The van der Waals surface area contributed by atoms with Gasteiger partial charge in [0.1, 0.15) is 0 Å². The van der Waals surface area contributed by atoms with Gasteiger partial charge < -0.3 is 49.5 Å². The number of thioether (sulfide) groups is 1. The number of amidine groups is 1. The Balaban J connectivity index is 0.000000121. The minimum atomic E-state index is -3.28. The van der Waals surface area contributed by atoms with Crippen LogP contribution in [0.4, 0.5) is 0 Å². The molecule has 6 spiro atoms. The lowest BCUT2D eigenvalue weighted by Gasteiger charge is -2.46. The van der Waals surface area contributed by atoms with E-state index in [1.54, 1.807) is 38.0 Å². The highest BCUT2D eigenvalue weighted by atomic mass is 79.9. The highest BCUT2D eigenvalue weighted by Gasteiger charge is 2.69. The second-order valence-electron chi connectivity index (χ2n) is 27.8. The normalized spacial score (nSPS) is 35.5. The first-order valence-electron chi connectivity index (χ1n) is 33.2. The topological polar surface area (TPSA) is 240 Å². The van der Waals surface area contributed by atoms with Crippen LogP contribution in [-0.4, -0.2) is 174 Å². The third-order valence-electron chi connectivity index (χ3n) is 22.8. The molecule has 0 radical (unpaired) electrons. The smallest absolute Gasteiger partial charge is 0.264 e. The van der Waals surface area contributed by atoms with Crippen LogP contribution in [-0.2, 0) is 97.7 Å². The van der Waals surface area contributed by atoms with E-state index in [1.807, 2.05) is 4.90 Å². The van der Waals surface area contributed by atoms with Gasteiger partial charge in [-0.25, -0.2) is 9.98 Å². The predicted octanol–water partition coefficient (Wildman–Crippen LogP) is 9.54. The van der Waals surface area contributed by atoms with E-state index in [9.17, 15) is 22.8 Å². The summed E-state index contributed by atoms with van der Waals surface area (Å²) in [4.78, 5) is 55.4. The minimum Gasteiger partial charge on any atom is -0.381 e. The first-order valence-corrected chi connectivity index (χ1v) is 38.8. The second kappa shape index (κ2) is 27.6. The standard InChI is InChI=1S/C25H31BrN2O4S.C21H26BrN3O3.C17H19BrN2O2S.C5H10O4S/c1-30-18-4-8-24(9-5-18)13-16-2-3-17(26)12-21(16)25(24)22(29)28(14-19-6-10-31-19)23(27-25)33-15-20-7-11-32-20;1-27-15-4-7-20(8-5-15)11-13-2-3-14(22)10-17(13)21(20)18(26)25(19(23)24-21)12-16-6-9-28-16;1-22-12-4-6-16(7-5-12)9-10-2-3-11(18)8-13(10)17(16)14(21)19-15(23)20-17;1-10(6,7)9-4-5-2-3-8-5/h2-3,12,18-20H,4-11,13-15H2,1H3;2-3,10,15-16H,4-9,11-12H2,1H3,(H2,23,24);2-3,8,12H,4-7,9H2,1H3,(H2,19,20,21,23);5H,2-4H2,1H3. The summed E-state index contributed by atoms with van der Waals surface area (Å²) in [6.07, 6.45) is 20.4. The van der Waals surface area contributed by atoms with Gasteiger partial charge in [-0.3, -0.25) is 28.4 Å². The van der Waals surface area contributed by atoms with Crippen LogP contribution in [0.3, 0.4) is 0 Å². The molecule has 13 aliphatic rings. The maximum absolute atomic E-state index is 14.5. The number of halogens is 3. The van der Waals surface area contributed by atoms with Crippen LogP contribution < -0.4 is 16.4 Å². The van der Waals surface area contributed by atoms with E-state index in [2.05, 4.69) is 117 Å². The number of nitrogens with zero attached hydrogens (tertiary/aromatic N) is 4. The summed E-state index contributed by atoms with van der Waals surface area (Å²) < 4.78 is 67.0.